The Labute approximate surface area is 131 Å². The monoisotopic (exact) mass is 301 g/mol. The number of nitrogens with zero attached hydrogens (tertiary/aromatic N) is 2. The van der Waals surface area contributed by atoms with Crippen LogP contribution in [0.5, 0.6) is 0 Å². The zero-order valence-corrected chi connectivity index (χ0v) is 13.3. The molecular formula is C17H23N3O2. The second-order valence-electron chi connectivity index (χ2n) is 5.86. The molecule has 22 heavy (non-hydrogen) atoms. The molecule has 0 bridgehead atoms. The van der Waals surface area contributed by atoms with Crippen LogP contribution in [-0.4, -0.2) is 20.8 Å². The molecule has 0 aliphatic rings. The van der Waals surface area contributed by atoms with Crippen LogP contribution in [0.1, 0.15) is 41.9 Å². The first kappa shape index (κ1) is 16.2. The summed E-state index contributed by atoms with van der Waals surface area (Å²) in [6.45, 7) is 7.07. The zero-order valence-electron chi connectivity index (χ0n) is 13.3. The van der Waals surface area contributed by atoms with Gasteiger partial charge in [-0.2, -0.15) is 5.10 Å². The molecule has 118 valence electrons. The fourth-order valence-electron chi connectivity index (χ4n) is 2.18. The van der Waals surface area contributed by atoms with Crippen LogP contribution >= 0.6 is 0 Å². The molecule has 2 aromatic rings. The Hall–Kier alpha value is -2.14. The van der Waals surface area contributed by atoms with E-state index in [0.29, 0.717) is 11.5 Å². The summed E-state index contributed by atoms with van der Waals surface area (Å²) < 4.78 is 1.92. The minimum atomic E-state index is -0.193. The van der Waals surface area contributed by atoms with Gasteiger partial charge in [0.2, 0.25) is 0 Å². The number of amides is 1. The van der Waals surface area contributed by atoms with Crippen molar-refractivity contribution < 1.29 is 9.90 Å². The van der Waals surface area contributed by atoms with Crippen molar-refractivity contribution in [1.29, 1.82) is 0 Å². The smallest absolute Gasteiger partial charge is 0.255 e. The number of carbonyl (C=O) groups excluding carboxylic acids is 1. The van der Waals surface area contributed by atoms with Crippen molar-refractivity contribution in [3.8, 4) is 0 Å². The van der Waals surface area contributed by atoms with E-state index in [0.717, 1.165) is 29.9 Å². The number of aliphatic hydroxyl groups is 1. The Morgan fingerprint density at radius 3 is 2.86 bits per heavy atom. The summed E-state index contributed by atoms with van der Waals surface area (Å²) in [6, 6.07) is 6.96. The maximum atomic E-state index is 12.3. The quantitative estimate of drug-likeness (QED) is 0.862. The molecule has 0 aliphatic heterocycles. The maximum Gasteiger partial charge on any atom is 0.255 e. The SMILES string of the molecule is Cc1c(NC(=O)c2cccc(CO)c2)cnn1CCC(C)C. The highest BCUT2D eigenvalue weighted by Gasteiger charge is 2.12. The van der Waals surface area contributed by atoms with E-state index in [-0.39, 0.29) is 12.5 Å². The normalized spacial score (nSPS) is 11.0. The van der Waals surface area contributed by atoms with Gasteiger partial charge in [-0.1, -0.05) is 26.0 Å². The Kier molecular flexibility index (Phi) is 5.33. The number of anilines is 1. The summed E-state index contributed by atoms with van der Waals surface area (Å²) in [4.78, 5) is 12.3. The molecule has 0 saturated heterocycles. The molecule has 1 heterocycles. The number of aliphatic hydroxyl groups excluding tert-OH is 1. The largest absolute Gasteiger partial charge is 0.392 e. The van der Waals surface area contributed by atoms with Gasteiger partial charge in [-0.05, 0) is 37.0 Å². The van der Waals surface area contributed by atoms with Crippen LogP contribution < -0.4 is 5.32 Å². The minimum absolute atomic E-state index is 0.0761. The lowest BCUT2D eigenvalue weighted by Crippen LogP contribution is -2.13. The topological polar surface area (TPSA) is 67.2 Å². The summed E-state index contributed by atoms with van der Waals surface area (Å²) in [5.74, 6) is 0.421. The van der Waals surface area contributed by atoms with E-state index in [1.807, 2.05) is 11.6 Å². The lowest BCUT2D eigenvalue weighted by Gasteiger charge is -2.08. The molecule has 0 fully saturated rings. The molecule has 1 aromatic carbocycles. The highest BCUT2D eigenvalue weighted by atomic mass is 16.3. The lowest BCUT2D eigenvalue weighted by atomic mass is 10.1. The summed E-state index contributed by atoms with van der Waals surface area (Å²) in [6.07, 6.45) is 2.73. The Balaban J connectivity index is 2.08. The lowest BCUT2D eigenvalue weighted by molar-refractivity contribution is 0.102. The first-order valence-electron chi connectivity index (χ1n) is 7.54. The highest BCUT2D eigenvalue weighted by Crippen LogP contribution is 2.17. The van der Waals surface area contributed by atoms with Gasteiger partial charge in [-0.3, -0.25) is 9.48 Å². The molecule has 0 saturated carbocycles. The summed E-state index contributed by atoms with van der Waals surface area (Å²) >= 11 is 0. The van der Waals surface area contributed by atoms with Crippen molar-refractivity contribution in [2.24, 2.45) is 5.92 Å². The number of benzene rings is 1. The number of rotatable bonds is 6. The van der Waals surface area contributed by atoms with Crippen LogP contribution in [0.15, 0.2) is 30.5 Å². The van der Waals surface area contributed by atoms with Gasteiger partial charge in [0.15, 0.2) is 0 Å². The molecule has 0 unspecified atom stereocenters. The van der Waals surface area contributed by atoms with Crippen molar-refractivity contribution in [2.45, 2.75) is 40.3 Å². The van der Waals surface area contributed by atoms with Crippen molar-refractivity contribution >= 4 is 11.6 Å². The van der Waals surface area contributed by atoms with Gasteiger partial charge in [0.1, 0.15) is 0 Å². The predicted octanol–water partition coefficient (Wildman–Crippen LogP) is 2.98. The van der Waals surface area contributed by atoms with E-state index in [1.165, 1.54) is 0 Å². The first-order chi connectivity index (χ1) is 10.5. The molecule has 5 nitrogen and oxygen atoms in total. The fourth-order valence-corrected chi connectivity index (χ4v) is 2.18. The van der Waals surface area contributed by atoms with Gasteiger partial charge < -0.3 is 10.4 Å². The molecule has 0 aliphatic carbocycles. The predicted molar refractivity (Wildman–Crippen MR) is 86.7 cm³/mol. The molecule has 1 amide bonds. The van der Waals surface area contributed by atoms with Crippen LogP contribution in [0.3, 0.4) is 0 Å². The average Bonchev–Trinajstić information content (AvgIpc) is 2.85. The number of aromatic nitrogens is 2. The van der Waals surface area contributed by atoms with Crippen molar-refractivity contribution in [3.05, 3.63) is 47.3 Å². The van der Waals surface area contributed by atoms with Crippen LogP contribution in [-0.2, 0) is 13.2 Å². The summed E-state index contributed by atoms with van der Waals surface area (Å²) in [5.41, 5.74) is 2.92. The number of hydrogen-bond donors (Lipinski definition) is 2. The number of carbonyl (C=O) groups is 1. The van der Waals surface area contributed by atoms with E-state index < -0.39 is 0 Å². The second-order valence-corrected chi connectivity index (χ2v) is 5.86. The van der Waals surface area contributed by atoms with E-state index >= 15 is 0 Å². The average molecular weight is 301 g/mol. The minimum Gasteiger partial charge on any atom is -0.392 e. The molecule has 0 atom stereocenters. The van der Waals surface area contributed by atoms with E-state index in [2.05, 4.69) is 24.3 Å². The van der Waals surface area contributed by atoms with Crippen molar-refractivity contribution in [3.63, 3.8) is 0 Å². The van der Waals surface area contributed by atoms with Crippen molar-refractivity contribution in [1.82, 2.24) is 9.78 Å². The van der Waals surface area contributed by atoms with Gasteiger partial charge in [-0.25, -0.2) is 0 Å². The third-order valence-corrected chi connectivity index (χ3v) is 3.64. The third kappa shape index (κ3) is 3.95. The molecular weight excluding hydrogens is 278 g/mol. The van der Waals surface area contributed by atoms with Crippen molar-refractivity contribution in [2.75, 3.05) is 5.32 Å². The second kappa shape index (κ2) is 7.22. The van der Waals surface area contributed by atoms with Gasteiger partial charge >= 0.3 is 0 Å². The molecule has 2 N–H and O–H groups in total. The van der Waals surface area contributed by atoms with Crippen LogP contribution in [0.25, 0.3) is 0 Å². The maximum absolute atomic E-state index is 12.3. The van der Waals surface area contributed by atoms with E-state index in [4.69, 9.17) is 5.11 Å². The summed E-state index contributed by atoms with van der Waals surface area (Å²) in [7, 11) is 0. The van der Waals surface area contributed by atoms with E-state index in [9.17, 15) is 4.79 Å². The first-order valence-corrected chi connectivity index (χ1v) is 7.54. The van der Waals surface area contributed by atoms with Crippen LogP contribution in [0.4, 0.5) is 5.69 Å². The standard InChI is InChI=1S/C17H23N3O2/c1-12(2)7-8-20-13(3)16(10-18-20)19-17(22)15-6-4-5-14(9-15)11-21/h4-6,9-10,12,21H,7-8,11H2,1-3H3,(H,19,22). The Bertz CT molecular complexity index is 647. The van der Waals surface area contributed by atoms with Gasteiger partial charge in [0.05, 0.1) is 24.2 Å². The Morgan fingerprint density at radius 2 is 2.18 bits per heavy atom. The highest BCUT2D eigenvalue weighted by molar-refractivity contribution is 6.04. The van der Waals surface area contributed by atoms with Gasteiger partial charge in [-0.15, -0.1) is 0 Å². The Morgan fingerprint density at radius 1 is 1.41 bits per heavy atom. The van der Waals surface area contributed by atoms with Crippen LogP contribution in [0.2, 0.25) is 0 Å². The zero-order chi connectivity index (χ0) is 16.1. The van der Waals surface area contributed by atoms with E-state index in [1.54, 1.807) is 30.5 Å². The fraction of sp³-hybridized carbons (Fsp3) is 0.412. The molecule has 5 heteroatoms. The number of nitrogens with one attached hydrogen (secondary N) is 1. The van der Waals surface area contributed by atoms with Crippen LogP contribution in [0, 0.1) is 12.8 Å². The van der Waals surface area contributed by atoms with Gasteiger partial charge in [0.25, 0.3) is 5.91 Å². The molecule has 2 rings (SSSR count). The number of hydrogen-bond acceptors (Lipinski definition) is 3. The molecule has 0 spiro atoms. The number of aryl methyl sites for hydroxylation is 1. The summed E-state index contributed by atoms with van der Waals surface area (Å²) in [5, 5.41) is 16.4. The molecule has 1 aromatic heterocycles. The molecule has 0 radical (unpaired) electrons. The van der Waals surface area contributed by atoms with Gasteiger partial charge in [0, 0.05) is 12.1 Å². The third-order valence-electron chi connectivity index (χ3n) is 3.64.